The van der Waals surface area contributed by atoms with E-state index in [4.69, 9.17) is 23.7 Å². The standard InChI is InChI=1S/C51H79NO12/c1-31-17-12-11-13-18-32(2)43(61-9)29-40-23-22-37(7)51(59,64-40)48(56)49(57)52-24-15-14-21-41(52)50(58)63-44(34(4)27-38-19-16-20-39(28-38)60-8)30-42(53)33(3)26-36(6)46(55)47(62-10)45(54)35(5)25-31/h11-13,17-18,26,31,33-35,37-41,43-44,46-47,55,59H,14-16,19-25,27-30H2,1-10H3/b13-11+,17-12+,32-18+,36-26+/t31-,33-,34-,35?,37?,38?,39?,40+,41?,43+,44+,46-,47?,51?/m1/s1. The Morgan fingerprint density at radius 1 is 0.844 bits per heavy atom. The first-order valence-corrected chi connectivity index (χ1v) is 23.8. The highest BCUT2D eigenvalue weighted by atomic mass is 16.6. The molecule has 0 aromatic rings. The molecule has 0 radical (unpaired) electrons. The van der Waals surface area contributed by atoms with Crippen molar-refractivity contribution in [3.63, 3.8) is 0 Å². The van der Waals surface area contributed by atoms with Gasteiger partial charge in [-0.3, -0.25) is 19.2 Å². The average molecular weight is 898 g/mol. The van der Waals surface area contributed by atoms with Crippen molar-refractivity contribution in [2.45, 2.75) is 180 Å². The predicted octanol–water partition coefficient (Wildman–Crippen LogP) is 7.21. The Bertz CT molecular complexity index is 1720. The molecule has 1 aliphatic carbocycles. The van der Waals surface area contributed by atoms with Gasteiger partial charge >= 0.3 is 5.97 Å². The van der Waals surface area contributed by atoms with Crippen molar-refractivity contribution in [1.29, 1.82) is 0 Å². The van der Waals surface area contributed by atoms with Crippen molar-refractivity contribution in [1.82, 2.24) is 4.90 Å². The highest BCUT2D eigenvalue weighted by Gasteiger charge is 2.53. The van der Waals surface area contributed by atoms with Gasteiger partial charge < -0.3 is 38.8 Å². The number of methoxy groups -OCH3 is 3. The van der Waals surface area contributed by atoms with Crippen molar-refractivity contribution in [2.24, 2.45) is 35.5 Å². The molecule has 0 aromatic heterocycles. The number of cyclic esters (lactones) is 1. The molecule has 2 saturated heterocycles. The molecular formula is C51H79NO12. The smallest absolute Gasteiger partial charge is 0.329 e. The van der Waals surface area contributed by atoms with Crippen LogP contribution in [0, 0.1) is 35.5 Å². The van der Waals surface area contributed by atoms with Gasteiger partial charge in [-0.15, -0.1) is 0 Å². The molecule has 3 fully saturated rings. The fraction of sp³-hybridized carbons (Fsp3) is 0.745. The Kier molecular flexibility index (Phi) is 20.8. The van der Waals surface area contributed by atoms with Crippen LogP contribution in [0.3, 0.4) is 0 Å². The summed E-state index contributed by atoms with van der Waals surface area (Å²) in [4.78, 5) is 71.8. The van der Waals surface area contributed by atoms with Gasteiger partial charge in [-0.25, -0.2) is 4.79 Å². The minimum Gasteiger partial charge on any atom is -0.460 e. The second-order valence-corrected chi connectivity index (χ2v) is 19.5. The minimum absolute atomic E-state index is 0.0317. The number of Topliss-reactive ketones (excluding diaryl/α,β-unsaturated/α-hetero) is 3. The quantitative estimate of drug-likeness (QED) is 0.156. The molecule has 3 aliphatic heterocycles. The monoisotopic (exact) mass is 898 g/mol. The van der Waals surface area contributed by atoms with Crippen LogP contribution in [0.4, 0.5) is 0 Å². The van der Waals surface area contributed by atoms with Crippen LogP contribution in [-0.4, -0.2) is 121 Å². The molecule has 13 nitrogen and oxygen atoms in total. The first-order valence-electron chi connectivity index (χ1n) is 23.8. The first-order chi connectivity index (χ1) is 30.3. The molecule has 7 unspecified atom stereocenters. The highest BCUT2D eigenvalue weighted by Crippen LogP contribution is 2.37. The van der Waals surface area contributed by atoms with Crippen molar-refractivity contribution >= 4 is 29.2 Å². The summed E-state index contributed by atoms with van der Waals surface area (Å²) in [5, 5.41) is 23.4. The SMILES string of the molecule is COC1CCCC(C[C@@H](C)[C@@H]2CC(=O)[C@H](C)/C=C(\C)[C@@H](O)C(OC)C(=O)C(C)C[C@H](C)/C=C/C=C/C=C(\C)[C@@H](OC)C[C@@H]3CCC(C)C(O)(O3)C(=O)C(=O)N3CCCCC3C(=O)O2)C1. The van der Waals surface area contributed by atoms with E-state index in [2.05, 4.69) is 0 Å². The van der Waals surface area contributed by atoms with Gasteiger partial charge in [0.05, 0.1) is 18.3 Å². The number of carbonyl (C=O) groups is 5. The van der Waals surface area contributed by atoms with E-state index in [1.807, 2.05) is 58.1 Å². The number of aliphatic hydroxyl groups is 2. The summed E-state index contributed by atoms with van der Waals surface area (Å²) in [6.07, 6.45) is 14.7. The Labute approximate surface area is 382 Å². The predicted molar refractivity (Wildman–Crippen MR) is 244 cm³/mol. The number of ether oxygens (including phenoxy) is 5. The number of aliphatic hydroxyl groups excluding tert-OH is 1. The van der Waals surface area contributed by atoms with Gasteiger partial charge in [-0.05, 0) is 101 Å². The van der Waals surface area contributed by atoms with E-state index in [1.54, 1.807) is 41.1 Å². The maximum absolute atomic E-state index is 14.4. The van der Waals surface area contributed by atoms with E-state index >= 15 is 0 Å². The Hall–Kier alpha value is -3.33. The Morgan fingerprint density at radius 2 is 1.58 bits per heavy atom. The van der Waals surface area contributed by atoms with Crippen LogP contribution in [0.2, 0.25) is 0 Å². The number of ketones is 3. The van der Waals surface area contributed by atoms with E-state index < -0.39 is 77.8 Å². The Balaban J connectivity index is 1.70. The van der Waals surface area contributed by atoms with E-state index in [0.29, 0.717) is 56.4 Å². The fourth-order valence-electron chi connectivity index (χ4n) is 10.1. The third-order valence-electron chi connectivity index (χ3n) is 14.4. The number of rotatable bonds is 6. The lowest BCUT2D eigenvalue weighted by molar-refractivity contribution is -0.265. The molecule has 4 aliphatic rings. The van der Waals surface area contributed by atoms with Gasteiger partial charge in [-0.2, -0.15) is 0 Å². The molecule has 3 heterocycles. The van der Waals surface area contributed by atoms with Crippen LogP contribution >= 0.6 is 0 Å². The number of carbonyl (C=O) groups excluding carboxylic acids is 5. The molecule has 2 bridgehead atoms. The summed E-state index contributed by atoms with van der Waals surface area (Å²) < 4.78 is 29.6. The van der Waals surface area contributed by atoms with Crippen LogP contribution in [0.5, 0.6) is 0 Å². The van der Waals surface area contributed by atoms with E-state index in [1.165, 1.54) is 12.0 Å². The van der Waals surface area contributed by atoms with Crippen LogP contribution in [0.1, 0.15) is 132 Å². The Morgan fingerprint density at radius 3 is 2.27 bits per heavy atom. The van der Waals surface area contributed by atoms with E-state index in [-0.39, 0.29) is 48.9 Å². The molecule has 1 saturated carbocycles. The number of piperidine rings is 1. The lowest BCUT2D eigenvalue weighted by Gasteiger charge is -2.42. The van der Waals surface area contributed by atoms with Gasteiger partial charge in [0.25, 0.3) is 11.7 Å². The second kappa shape index (κ2) is 25.0. The number of esters is 1. The minimum atomic E-state index is -2.41. The van der Waals surface area contributed by atoms with Crippen LogP contribution < -0.4 is 0 Å². The zero-order valence-electron chi connectivity index (χ0n) is 40.3. The summed E-state index contributed by atoms with van der Waals surface area (Å²) in [5.41, 5.74) is 1.30. The summed E-state index contributed by atoms with van der Waals surface area (Å²) in [7, 11) is 4.69. The number of amides is 1. The molecule has 1 amide bonds. The maximum atomic E-state index is 14.4. The second-order valence-electron chi connectivity index (χ2n) is 19.5. The normalized spacial score (nSPS) is 39.7. The van der Waals surface area contributed by atoms with E-state index in [0.717, 1.165) is 31.3 Å². The van der Waals surface area contributed by atoms with Crippen LogP contribution in [0.15, 0.2) is 47.6 Å². The third kappa shape index (κ3) is 14.1. The molecule has 2 N–H and O–H groups in total. The van der Waals surface area contributed by atoms with Crippen molar-refractivity contribution in [3.05, 3.63) is 47.6 Å². The largest absolute Gasteiger partial charge is 0.460 e. The average Bonchev–Trinajstić information content (AvgIpc) is 3.27. The molecular weight excluding hydrogens is 819 g/mol. The lowest BCUT2D eigenvalue weighted by atomic mass is 9.79. The molecule has 13 heteroatoms. The van der Waals surface area contributed by atoms with Gasteiger partial charge in [0.2, 0.25) is 5.79 Å². The molecule has 0 spiro atoms. The van der Waals surface area contributed by atoms with Gasteiger partial charge in [0, 0.05) is 58.5 Å². The zero-order chi connectivity index (χ0) is 47.3. The lowest BCUT2D eigenvalue weighted by Crippen LogP contribution is -2.61. The maximum Gasteiger partial charge on any atom is 0.329 e. The molecule has 14 atom stereocenters. The van der Waals surface area contributed by atoms with Crippen LogP contribution in [-0.2, 0) is 47.7 Å². The summed E-state index contributed by atoms with van der Waals surface area (Å²) in [6, 6.07) is -1.10. The van der Waals surface area contributed by atoms with Crippen molar-refractivity contribution in [2.75, 3.05) is 27.9 Å². The van der Waals surface area contributed by atoms with Crippen molar-refractivity contribution in [3.8, 4) is 0 Å². The number of fused-ring (bicyclic) bond motifs is 3. The van der Waals surface area contributed by atoms with Gasteiger partial charge in [-0.1, -0.05) is 83.9 Å². The summed E-state index contributed by atoms with van der Waals surface area (Å²) in [5.74, 6) is -7.45. The molecule has 0 aromatic carbocycles. The third-order valence-corrected chi connectivity index (χ3v) is 14.4. The molecule has 360 valence electrons. The fourth-order valence-corrected chi connectivity index (χ4v) is 10.1. The zero-order valence-corrected chi connectivity index (χ0v) is 40.3. The van der Waals surface area contributed by atoms with Gasteiger partial charge in [0.1, 0.15) is 30.1 Å². The molecule has 4 rings (SSSR count). The first kappa shape index (κ1) is 53.3. The summed E-state index contributed by atoms with van der Waals surface area (Å²) >= 11 is 0. The van der Waals surface area contributed by atoms with Crippen molar-refractivity contribution < 1.29 is 57.9 Å². The van der Waals surface area contributed by atoms with E-state index in [9.17, 15) is 34.2 Å². The highest BCUT2D eigenvalue weighted by molar-refractivity contribution is 6.39. The number of nitrogens with zero attached hydrogens (tertiary/aromatic N) is 1. The topological polar surface area (TPSA) is 175 Å². The number of hydrogen-bond acceptors (Lipinski definition) is 12. The van der Waals surface area contributed by atoms with Gasteiger partial charge in [0.15, 0.2) is 5.78 Å². The number of hydrogen-bond donors (Lipinski definition) is 2. The molecule has 64 heavy (non-hydrogen) atoms. The van der Waals surface area contributed by atoms with Crippen LogP contribution in [0.25, 0.3) is 0 Å². The summed E-state index contributed by atoms with van der Waals surface area (Å²) in [6.45, 7) is 12.9. The number of allylic oxidation sites excluding steroid dienone is 6.